The highest BCUT2D eigenvalue weighted by Crippen LogP contribution is 2.60. The minimum absolute atomic E-state index is 0.0903. The van der Waals surface area contributed by atoms with Crippen LogP contribution in [0, 0.1) is 23.2 Å². The molecule has 4 aliphatic rings. The van der Waals surface area contributed by atoms with E-state index in [-0.39, 0.29) is 23.3 Å². The van der Waals surface area contributed by atoms with Crippen LogP contribution in [0.5, 0.6) is 0 Å². The molecule has 4 bridgehead atoms. The highest BCUT2D eigenvalue weighted by atomic mass is 16.3. The van der Waals surface area contributed by atoms with Crippen LogP contribution in [0.25, 0.3) is 0 Å². The first-order valence-corrected chi connectivity index (χ1v) is 11.5. The minimum Gasteiger partial charge on any atom is -0.467 e. The fraction of sp³-hybridized carbons (Fsp3) is 0.538. The molecule has 4 fully saturated rings. The lowest BCUT2D eigenvalue weighted by Crippen LogP contribution is -2.63. The van der Waals surface area contributed by atoms with Crippen LogP contribution < -0.4 is 10.6 Å². The van der Waals surface area contributed by atoms with Gasteiger partial charge in [-0.05, 0) is 81.4 Å². The molecule has 5 nitrogen and oxygen atoms in total. The molecule has 31 heavy (non-hydrogen) atoms. The second kappa shape index (κ2) is 7.54. The summed E-state index contributed by atoms with van der Waals surface area (Å²) in [6, 6.07) is 13.9. The number of rotatable bonds is 6. The maximum Gasteiger partial charge on any atom is 0.230 e. The predicted molar refractivity (Wildman–Crippen MR) is 118 cm³/mol. The van der Waals surface area contributed by atoms with Crippen LogP contribution in [0.2, 0.25) is 0 Å². The molecule has 1 aromatic heterocycles. The standard InChI is InChI=1S/C26H32N2O3/c1-25(2,20-7-4-3-5-8-20)23(29)28-22-18-11-17-12-19(22)15-26(13-17,14-18)24(30)27-16-21-9-6-10-31-21/h3-10,17-19,22H,11-16H2,1-2H3,(H,27,30)(H,28,29)/t17?,18-,19+,22?,26?. The van der Waals surface area contributed by atoms with Gasteiger partial charge < -0.3 is 15.1 Å². The zero-order valence-electron chi connectivity index (χ0n) is 18.4. The number of hydrogen-bond acceptors (Lipinski definition) is 3. The first kappa shape index (κ1) is 20.3. The van der Waals surface area contributed by atoms with E-state index in [0.717, 1.165) is 43.4 Å². The summed E-state index contributed by atoms with van der Waals surface area (Å²) in [5.41, 5.74) is 0.179. The predicted octanol–water partition coefficient (Wildman–Crippen LogP) is 4.18. The van der Waals surface area contributed by atoms with E-state index in [0.29, 0.717) is 24.3 Å². The van der Waals surface area contributed by atoms with Gasteiger partial charge in [-0.2, -0.15) is 0 Å². The monoisotopic (exact) mass is 420 g/mol. The van der Waals surface area contributed by atoms with Gasteiger partial charge in [0.25, 0.3) is 0 Å². The highest BCUT2D eigenvalue weighted by Gasteiger charge is 2.58. The van der Waals surface area contributed by atoms with Crippen LogP contribution in [0.15, 0.2) is 53.1 Å². The number of carbonyl (C=O) groups excluding carboxylic acids is 2. The van der Waals surface area contributed by atoms with E-state index in [1.807, 2.05) is 56.3 Å². The molecule has 0 spiro atoms. The van der Waals surface area contributed by atoms with Crippen LogP contribution in [0.3, 0.4) is 0 Å². The Morgan fingerprint density at radius 3 is 2.39 bits per heavy atom. The lowest BCUT2D eigenvalue weighted by Gasteiger charge is -2.59. The molecule has 2 amide bonds. The molecule has 6 rings (SSSR count). The molecule has 0 saturated heterocycles. The van der Waals surface area contributed by atoms with Gasteiger partial charge in [-0.25, -0.2) is 0 Å². The van der Waals surface area contributed by atoms with Crippen molar-refractivity contribution in [2.45, 2.75) is 64.0 Å². The van der Waals surface area contributed by atoms with Crippen LogP contribution in [0.4, 0.5) is 0 Å². The fourth-order valence-electron chi connectivity index (χ4n) is 6.62. The zero-order valence-corrected chi connectivity index (χ0v) is 18.4. The molecule has 164 valence electrons. The number of benzene rings is 1. The number of carbonyl (C=O) groups is 2. The summed E-state index contributed by atoms with van der Waals surface area (Å²) in [4.78, 5) is 26.5. The summed E-state index contributed by atoms with van der Waals surface area (Å²) < 4.78 is 5.37. The second-order valence-corrected chi connectivity index (χ2v) is 10.5. The van der Waals surface area contributed by atoms with Crippen LogP contribution in [0.1, 0.15) is 57.3 Å². The molecular weight excluding hydrogens is 388 g/mol. The van der Waals surface area contributed by atoms with Gasteiger partial charge in [0.2, 0.25) is 11.8 Å². The lowest BCUT2D eigenvalue weighted by atomic mass is 9.47. The van der Waals surface area contributed by atoms with Crippen molar-refractivity contribution in [1.29, 1.82) is 0 Å². The van der Waals surface area contributed by atoms with Crippen molar-refractivity contribution in [3.8, 4) is 0 Å². The van der Waals surface area contributed by atoms with E-state index in [1.165, 1.54) is 0 Å². The third-order valence-corrected chi connectivity index (χ3v) is 8.12. The van der Waals surface area contributed by atoms with E-state index in [2.05, 4.69) is 10.6 Å². The Labute approximate surface area is 184 Å². The molecule has 2 aromatic rings. The van der Waals surface area contributed by atoms with Gasteiger partial charge in [0.1, 0.15) is 5.76 Å². The van der Waals surface area contributed by atoms with Gasteiger partial charge in [-0.3, -0.25) is 9.59 Å². The molecule has 4 aliphatic carbocycles. The first-order valence-electron chi connectivity index (χ1n) is 11.5. The smallest absolute Gasteiger partial charge is 0.230 e. The van der Waals surface area contributed by atoms with Crippen molar-refractivity contribution in [3.05, 3.63) is 60.1 Å². The average Bonchev–Trinajstić information content (AvgIpc) is 3.28. The third kappa shape index (κ3) is 3.58. The van der Waals surface area contributed by atoms with Crippen LogP contribution >= 0.6 is 0 Å². The summed E-state index contributed by atoms with van der Waals surface area (Å²) in [6.07, 6.45) is 6.62. The largest absolute Gasteiger partial charge is 0.467 e. The number of furan rings is 1. The molecule has 0 aliphatic heterocycles. The van der Waals surface area contributed by atoms with Crippen molar-refractivity contribution in [1.82, 2.24) is 10.6 Å². The zero-order chi connectivity index (χ0) is 21.6. The average molecular weight is 421 g/mol. The van der Waals surface area contributed by atoms with E-state index in [4.69, 9.17) is 4.42 Å². The molecule has 1 heterocycles. The Morgan fingerprint density at radius 2 is 1.74 bits per heavy atom. The van der Waals surface area contributed by atoms with Gasteiger partial charge in [0.05, 0.1) is 23.6 Å². The Balaban J connectivity index is 1.28. The Hall–Kier alpha value is -2.56. The van der Waals surface area contributed by atoms with E-state index in [9.17, 15) is 9.59 Å². The van der Waals surface area contributed by atoms with Gasteiger partial charge >= 0.3 is 0 Å². The van der Waals surface area contributed by atoms with E-state index >= 15 is 0 Å². The Bertz CT molecular complexity index is 934. The van der Waals surface area contributed by atoms with Crippen LogP contribution in [-0.2, 0) is 21.5 Å². The maximum absolute atomic E-state index is 13.3. The molecular formula is C26H32N2O3. The third-order valence-electron chi connectivity index (χ3n) is 8.12. The molecule has 0 radical (unpaired) electrons. The fourth-order valence-corrected chi connectivity index (χ4v) is 6.62. The van der Waals surface area contributed by atoms with E-state index in [1.54, 1.807) is 6.26 Å². The van der Waals surface area contributed by atoms with E-state index < -0.39 is 5.41 Å². The molecule has 5 atom stereocenters. The topological polar surface area (TPSA) is 71.3 Å². The van der Waals surface area contributed by atoms with Gasteiger partial charge in [-0.1, -0.05) is 30.3 Å². The van der Waals surface area contributed by atoms with Crippen molar-refractivity contribution in [2.75, 3.05) is 0 Å². The molecule has 1 aromatic carbocycles. The van der Waals surface area contributed by atoms with Crippen molar-refractivity contribution in [2.24, 2.45) is 23.2 Å². The summed E-state index contributed by atoms with van der Waals surface area (Å²) in [5.74, 6) is 2.41. The summed E-state index contributed by atoms with van der Waals surface area (Å²) in [5, 5.41) is 6.55. The quantitative estimate of drug-likeness (QED) is 0.736. The second-order valence-electron chi connectivity index (χ2n) is 10.5. The highest BCUT2D eigenvalue weighted by molar-refractivity contribution is 5.88. The normalized spacial score (nSPS) is 31.4. The molecule has 3 unspecified atom stereocenters. The Morgan fingerprint density at radius 1 is 1.03 bits per heavy atom. The van der Waals surface area contributed by atoms with Crippen LogP contribution in [-0.4, -0.2) is 17.9 Å². The maximum atomic E-state index is 13.3. The number of amides is 2. The van der Waals surface area contributed by atoms with Crippen molar-refractivity contribution >= 4 is 11.8 Å². The van der Waals surface area contributed by atoms with Crippen molar-refractivity contribution in [3.63, 3.8) is 0 Å². The molecule has 4 saturated carbocycles. The van der Waals surface area contributed by atoms with Gasteiger partial charge in [-0.15, -0.1) is 0 Å². The summed E-state index contributed by atoms with van der Waals surface area (Å²) in [7, 11) is 0. The summed E-state index contributed by atoms with van der Waals surface area (Å²) >= 11 is 0. The number of hydrogen-bond donors (Lipinski definition) is 2. The lowest BCUT2D eigenvalue weighted by molar-refractivity contribution is -0.151. The molecule has 2 N–H and O–H groups in total. The van der Waals surface area contributed by atoms with Gasteiger partial charge in [0, 0.05) is 6.04 Å². The summed E-state index contributed by atoms with van der Waals surface area (Å²) in [6.45, 7) is 4.44. The first-order chi connectivity index (χ1) is 14.9. The Kier molecular flexibility index (Phi) is 4.95. The number of nitrogens with one attached hydrogen (secondary N) is 2. The van der Waals surface area contributed by atoms with Crippen molar-refractivity contribution < 1.29 is 14.0 Å². The van der Waals surface area contributed by atoms with Gasteiger partial charge in [0.15, 0.2) is 0 Å². The minimum atomic E-state index is -0.575. The SMILES string of the molecule is CC(C)(C(=O)NC1[C@@H]2CC3C[C@H]1CC(C(=O)NCc1ccco1)(C3)C2)c1ccccc1. The molecule has 5 heteroatoms.